The summed E-state index contributed by atoms with van der Waals surface area (Å²) in [5, 5.41) is 17.0. The van der Waals surface area contributed by atoms with Gasteiger partial charge in [-0.15, -0.1) is 0 Å². The first-order valence-corrected chi connectivity index (χ1v) is 7.41. The molecule has 114 valence electrons. The van der Waals surface area contributed by atoms with Crippen LogP contribution in [0.25, 0.3) is 0 Å². The van der Waals surface area contributed by atoms with E-state index in [1.807, 2.05) is 0 Å². The summed E-state index contributed by atoms with van der Waals surface area (Å²) < 4.78 is 0. The number of carbonyl (C=O) groups excluding carboxylic acids is 1. The molecular weight excluding hydrogens is 294 g/mol. The molecular formula is C14H18ClN3O3. The van der Waals surface area contributed by atoms with Crippen molar-refractivity contribution < 1.29 is 9.72 Å². The molecule has 0 radical (unpaired) electrons. The Morgan fingerprint density at radius 2 is 2.29 bits per heavy atom. The number of hydrogen-bond acceptors (Lipinski definition) is 4. The Bertz CT molecular complexity index is 530. The number of anilines is 1. The van der Waals surface area contributed by atoms with Gasteiger partial charge in [0.05, 0.1) is 15.6 Å². The van der Waals surface area contributed by atoms with E-state index in [9.17, 15) is 14.9 Å². The van der Waals surface area contributed by atoms with Gasteiger partial charge in [-0.05, 0) is 31.9 Å². The molecule has 1 aromatic rings. The number of nitro groups is 1. The molecule has 7 heteroatoms. The molecule has 1 amide bonds. The summed E-state index contributed by atoms with van der Waals surface area (Å²) >= 11 is 5.94. The highest BCUT2D eigenvalue weighted by atomic mass is 35.5. The van der Waals surface area contributed by atoms with Gasteiger partial charge in [-0.2, -0.15) is 0 Å². The molecule has 21 heavy (non-hydrogen) atoms. The van der Waals surface area contributed by atoms with Crippen molar-refractivity contribution in [2.24, 2.45) is 0 Å². The lowest BCUT2D eigenvalue weighted by molar-refractivity contribution is -0.384. The van der Waals surface area contributed by atoms with Crippen molar-refractivity contribution in [3.8, 4) is 0 Å². The van der Waals surface area contributed by atoms with Gasteiger partial charge in [0.15, 0.2) is 0 Å². The largest absolute Gasteiger partial charge is 0.325 e. The van der Waals surface area contributed by atoms with Gasteiger partial charge in [-0.3, -0.25) is 14.9 Å². The SMILES string of the molecule is O=C(CCC1CCCCN1)Nc1cc([N+](=O)[O-])ccc1Cl. The summed E-state index contributed by atoms with van der Waals surface area (Å²) in [5.41, 5.74) is 0.191. The van der Waals surface area contributed by atoms with Gasteiger partial charge in [0.1, 0.15) is 0 Å². The van der Waals surface area contributed by atoms with Crippen LogP contribution >= 0.6 is 11.6 Å². The summed E-state index contributed by atoms with van der Waals surface area (Å²) in [6, 6.07) is 4.38. The van der Waals surface area contributed by atoms with E-state index in [0.29, 0.717) is 17.5 Å². The number of amides is 1. The van der Waals surface area contributed by atoms with E-state index >= 15 is 0 Å². The minimum absolute atomic E-state index is 0.0938. The smallest absolute Gasteiger partial charge is 0.271 e. The van der Waals surface area contributed by atoms with Crippen molar-refractivity contribution in [2.75, 3.05) is 11.9 Å². The van der Waals surface area contributed by atoms with Crippen molar-refractivity contribution in [3.63, 3.8) is 0 Å². The Labute approximate surface area is 128 Å². The second-order valence-corrected chi connectivity index (χ2v) is 5.56. The highest BCUT2D eigenvalue weighted by Gasteiger charge is 2.16. The fourth-order valence-electron chi connectivity index (χ4n) is 2.41. The fourth-order valence-corrected chi connectivity index (χ4v) is 2.58. The minimum atomic E-state index is -0.516. The summed E-state index contributed by atoms with van der Waals surface area (Å²) in [6.45, 7) is 1.00. The molecule has 1 atom stereocenters. The lowest BCUT2D eigenvalue weighted by Gasteiger charge is -2.23. The molecule has 0 spiro atoms. The van der Waals surface area contributed by atoms with Crippen LogP contribution in [-0.2, 0) is 4.79 Å². The predicted molar refractivity (Wildman–Crippen MR) is 81.6 cm³/mol. The second kappa shape index (κ2) is 7.38. The molecule has 0 saturated carbocycles. The van der Waals surface area contributed by atoms with Crippen molar-refractivity contribution in [2.45, 2.75) is 38.1 Å². The van der Waals surface area contributed by atoms with Crippen LogP contribution in [0.5, 0.6) is 0 Å². The third kappa shape index (κ3) is 4.68. The van der Waals surface area contributed by atoms with E-state index in [0.717, 1.165) is 19.4 Å². The normalized spacial score (nSPS) is 18.2. The molecule has 0 bridgehead atoms. The summed E-state index contributed by atoms with van der Waals surface area (Å²) in [4.78, 5) is 22.1. The Morgan fingerprint density at radius 1 is 1.48 bits per heavy atom. The highest BCUT2D eigenvalue weighted by Crippen LogP contribution is 2.27. The number of non-ortho nitro benzene ring substituents is 1. The Balaban J connectivity index is 1.89. The van der Waals surface area contributed by atoms with Crippen LogP contribution in [0, 0.1) is 10.1 Å². The molecule has 1 fully saturated rings. The monoisotopic (exact) mass is 311 g/mol. The zero-order valence-corrected chi connectivity index (χ0v) is 12.4. The van der Waals surface area contributed by atoms with Gasteiger partial charge in [-0.1, -0.05) is 18.0 Å². The number of benzene rings is 1. The number of nitro benzene ring substituents is 1. The standard InChI is InChI=1S/C14H18ClN3O3/c15-12-6-5-11(18(20)21)9-13(12)17-14(19)7-4-10-3-1-2-8-16-10/h5-6,9-10,16H,1-4,7-8H2,(H,17,19). The lowest BCUT2D eigenvalue weighted by atomic mass is 10.0. The molecule has 1 aliphatic rings. The van der Waals surface area contributed by atoms with Gasteiger partial charge in [0.25, 0.3) is 5.69 Å². The van der Waals surface area contributed by atoms with E-state index in [4.69, 9.17) is 11.6 Å². The predicted octanol–water partition coefficient (Wildman–Crippen LogP) is 3.11. The Morgan fingerprint density at radius 3 is 2.95 bits per heavy atom. The van der Waals surface area contributed by atoms with Crippen LogP contribution in [0.1, 0.15) is 32.1 Å². The summed E-state index contributed by atoms with van der Waals surface area (Å²) in [7, 11) is 0. The molecule has 0 aliphatic carbocycles. The maximum atomic E-state index is 11.9. The van der Waals surface area contributed by atoms with E-state index in [2.05, 4.69) is 10.6 Å². The Hall–Kier alpha value is -1.66. The van der Waals surface area contributed by atoms with E-state index in [1.54, 1.807) is 0 Å². The van der Waals surface area contributed by atoms with E-state index in [1.165, 1.54) is 31.0 Å². The Kier molecular flexibility index (Phi) is 5.52. The third-order valence-corrected chi connectivity index (χ3v) is 3.90. The van der Waals surface area contributed by atoms with Gasteiger partial charge >= 0.3 is 0 Å². The van der Waals surface area contributed by atoms with Crippen molar-refractivity contribution in [1.82, 2.24) is 5.32 Å². The zero-order valence-electron chi connectivity index (χ0n) is 11.6. The minimum Gasteiger partial charge on any atom is -0.325 e. The van der Waals surface area contributed by atoms with Crippen LogP contribution in [0.15, 0.2) is 18.2 Å². The quantitative estimate of drug-likeness (QED) is 0.646. The number of carbonyl (C=O) groups is 1. The van der Waals surface area contributed by atoms with Gasteiger partial charge < -0.3 is 10.6 Å². The first-order valence-electron chi connectivity index (χ1n) is 7.03. The van der Waals surface area contributed by atoms with Crippen LogP contribution < -0.4 is 10.6 Å². The summed E-state index contributed by atoms with van der Waals surface area (Å²) in [6.07, 6.45) is 4.60. The van der Waals surface area contributed by atoms with E-state index < -0.39 is 4.92 Å². The van der Waals surface area contributed by atoms with Gasteiger partial charge in [-0.25, -0.2) is 0 Å². The number of rotatable bonds is 5. The third-order valence-electron chi connectivity index (χ3n) is 3.57. The first kappa shape index (κ1) is 15.7. The van der Waals surface area contributed by atoms with Gasteiger partial charge in [0.2, 0.25) is 5.91 Å². The number of halogens is 1. The maximum Gasteiger partial charge on any atom is 0.271 e. The number of nitrogens with zero attached hydrogens (tertiary/aromatic N) is 1. The first-order chi connectivity index (χ1) is 10.1. The van der Waals surface area contributed by atoms with Crippen molar-refractivity contribution in [1.29, 1.82) is 0 Å². The lowest BCUT2D eigenvalue weighted by Crippen LogP contribution is -2.34. The second-order valence-electron chi connectivity index (χ2n) is 5.15. The number of nitrogens with one attached hydrogen (secondary N) is 2. The van der Waals surface area contributed by atoms with Crippen molar-refractivity contribution >= 4 is 28.9 Å². The molecule has 0 aromatic heterocycles. The molecule has 2 N–H and O–H groups in total. The van der Waals surface area contributed by atoms with Crippen LogP contribution in [0.3, 0.4) is 0 Å². The van der Waals surface area contributed by atoms with Crippen LogP contribution in [0.2, 0.25) is 5.02 Å². The van der Waals surface area contributed by atoms with Crippen molar-refractivity contribution in [3.05, 3.63) is 33.3 Å². The molecule has 1 unspecified atom stereocenters. The molecule has 1 aliphatic heterocycles. The number of piperidine rings is 1. The highest BCUT2D eigenvalue weighted by molar-refractivity contribution is 6.33. The van der Waals surface area contributed by atoms with Gasteiger partial charge in [0, 0.05) is 24.6 Å². The molecule has 6 nitrogen and oxygen atoms in total. The molecule has 1 heterocycles. The van der Waals surface area contributed by atoms with Crippen LogP contribution in [-0.4, -0.2) is 23.4 Å². The molecule has 1 aromatic carbocycles. The number of hydrogen-bond donors (Lipinski definition) is 2. The zero-order chi connectivity index (χ0) is 15.2. The average molecular weight is 312 g/mol. The summed E-state index contributed by atoms with van der Waals surface area (Å²) in [5.74, 6) is -0.176. The van der Waals surface area contributed by atoms with Crippen LogP contribution in [0.4, 0.5) is 11.4 Å². The maximum absolute atomic E-state index is 11.9. The van der Waals surface area contributed by atoms with E-state index in [-0.39, 0.29) is 17.3 Å². The fraction of sp³-hybridized carbons (Fsp3) is 0.500. The molecule has 2 rings (SSSR count). The topological polar surface area (TPSA) is 84.3 Å². The average Bonchev–Trinajstić information content (AvgIpc) is 2.48. The molecule has 1 saturated heterocycles.